The van der Waals surface area contributed by atoms with Gasteiger partial charge in [-0.15, -0.1) is 5.10 Å². The SMILES string of the molecule is O=C(c1ccc2[nH]nnc2c1)c1cc2cc(O)ccc2[nH]1. The van der Waals surface area contributed by atoms with Gasteiger partial charge in [0.15, 0.2) is 0 Å². The average molecular weight is 278 g/mol. The number of ketones is 1. The van der Waals surface area contributed by atoms with Crippen molar-refractivity contribution in [2.24, 2.45) is 0 Å². The van der Waals surface area contributed by atoms with Gasteiger partial charge in [-0.3, -0.25) is 9.89 Å². The Kier molecular flexibility index (Phi) is 2.32. The molecule has 0 atom stereocenters. The van der Waals surface area contributed by atoms with Gasteiger partial charge in [0.1, 0.15) is 11.3 Å². The third-order valence-corrected chi connectivity index (χ3v) is 3.44. The first kappa shape index (κ1) is 11.7. The smallest absolute Gasteiger partial charge is 0.209 e. The summed E-state index contributed by atoms with van der Waals surface area (Å²) in [5.74, 6) is 0.0418. The lowest BCUT2D eigenvalue weighted by atomic mass is 10.1. The molecule has 0 aliphatic carbocycles. The Hall–Kier alpha value is -3.15. The molecule has 0 spiro atoms. The van der Waals surface area contributed by atoms with Gasteiger partial charge >= 0.3 is 0 Å². The molecule has 6 heteroatoms. The number of nitrogens with one attached hydrogen (secondary N) is 2. The molecule has 0 aliphatic heterocycles. The van der Waals surface area contributed by atoms with Gasteiger partial charge < -0.3 is 10.1 Å². The van der Waals surface area contributed by atoms with Gasteiger partial charge in [0, 0.05) is 16.5 Å². The number of aromatic nitrogens is 4. The molecule has 4 rings (SSSR count). The Balaban J connectivity index is 1.81. The molecule has 0 saturated heterocycles. The second kappa shape index (κ2) is 4.17. The largest absolute Gasteiger partial charge is 0.508 e. The molecule has 2 aromatic heterocycles. The van der Waals surface area contributed by atoms with Crippen molar-refractivity contribution < 1.29 is 9.90 Å². The van der Waals surface area contributed by atoms with E-state index >= 15 is 0 Å². The van der Waals surface area contributed by atoms with Gasteiger partial charge in [0.25, 0.3) is 0 Å². The van der Waals surface area contributed by atoms with Crippen LogP contribution in [-0.4, -0.2) is 31.3 Å². The van der Waals surface area contributed by atoms with E-state index in [-0.39, 0.29) is 11.5 Å². The van der Waals surface area contributed by atoms with Crippen molar-refractivity contribution in [2.45, 2.75) is 0 Å². The summed E-state index contributed by atoms with van der Waals surface area (Å²) in [6, 6.07) is 11.9. The highest BCUT2D eigenvalue weighted by Crippen LogP contribution is 2.22. The molecule has 0 unspecified atom stereocenters. The highest BCUT2D eigenvalue weighted by atomic mass is 16.3. The number of nitrogens with zero attached hydrogens (tertiary/aromatic N) is 2. The highest BCUT2D eigenvalue weighted by Gasteiger charge is 2.13. The van der Waals surface area contributed by atoms with Crippen molar-refractivity contribution in [1.82, 2.24) is 20.4 Å². The molecule has 6 nitrogen and oxygen atoms in total. The van der Waals surface area contributed by atoms with Crippen LogP contribution in [0.4, 0.5) is 0 Å². The van der Waals surface area contributed by atoms with Crippen LogP contribution in [0.3, 0.4) is 0 Å². The standard InChI is InChI=1S/C15H10N4O2/c20-10-2-4-11-9(5-10)7-14(16-11)15(21)8-1-3-12-13(6-8)18-19-17-12/h1-7,16,20H,(H,17,18,19). The van der Waals surface area contributed by atoms with Crippen LogP contribution in [0.15, 0.2) is 42.5 Å². The Morgan fingerprint density at radius 2 is 1.90 bits per heavy atom. The first-order valence-electron chi connectivity index (χ1n) is 6.38. The molecule has 3 N–H and O–H groups in total. The molecule has 0 fully saturated rings. The van der Waals surface area contributed by atoms with Crippen LogP contribution in [0, 0.1) is 0 Å². The summed E-state index contributed by atoms with van der Waals surface area (Å²) in [6.07, 6.45) is 0. The second-order valence-electron chi connectivity index (χ2n) is 4.83. The van der Waals surface area contributed by atoms with E-state index in [1.807, 2.05) is 0 Å². The number of phenolic OH excluding ortho intramolecular Hbond substituents is 1. The number of aromatic amines is 2. The quantitative estimate of drug-likeness (QED) is 0.490. The summed E-state index contributed by atoms with van der Waals surface area (Å²) in [5.41, 5.74) is 3.24. The summed E-state index contributed by atoms with van der Waals surface area (Å²) in [6.45, 7) is 0. The molecule has 0 radical (unpaired) electrons. The van der Waals surface area contributed by atoms with Crippen molar-refractivity contribution in [3.63, 3.8) is 0 Å². The van der Waals surface area contributed by atoms with Gasteiger partial charge in [-0.1, -0.05) is 5.21 Å². The zero-order valence-corrected chi connectivity index (χ0v) is 10.8. The summed E-state index contributed by atoms with van der Waals surface area (Å²) >= 11 is 0. The minimum atomic E-state index is -0.129. The summed E-state index contributed by atoms with van der Waals surface area (Å²) < 4.78 is 0. The molecule has 0 saturated carbocycles. The first-order chi connectivity index (χ1) is 10.2. The van der Waals surface area contributed by atoms with Crippen molar-refractivity contribution in [1.29, 1.82) is 0 Å². The maximum Gasteiger partial charge on any atom is 0.209 e. The Bertz CT molecular complexity index is 984. The van der Waals surface area contributed by atoms with Crippen molar-refractivity contribution in [2.75, 3.05) is 0 Å². The van der Waals surface area contributed by atoms with Gasteiger partial charge in [0.05, 0.1) is 11.2 Å². The van der Waals surface area contributed by atoms with Crippen molar-refractivity contribution in [3.8, 4) is 5.75 Å². The topological polar surface area (TPSA) is 94.7 Å². The van der Waals surface area contributed by atoms with Crippen LogP contribution in [0.25, 0.3) is 21.9 Å². The summed E-state index contributed by atoms with van der Waals surface area (Å²) in [7, 11) is 0. The van der Waals surface area contributed by atoms with Gasteiger partial charge in [-0.05, 0) is 42.5 Å². The fourth-order valence-corrected chi connectivity index (χ4v) is 2.38. The number of fused-ring (bicyclic) bond motifs is 2. The van der Waals surface area contributed by atoms with Crippen LogP contribution in [-0.2, 0) is 0 Å². The predicted molar refractivity (Wildman–Crippen MR) is 77.3 cm³/mol. The van der Waals surface area contributed by atoms with E-state index in [1.165, 1.54) is 0 Å². The van der Waals surface area contributed by atoms with E-state index < -0.39 is 0 Å². The number of H-pyrrole nitrogens is 2. The number of carbonyl (C=O) groups excluding carboxylic acids is 1. The number of benzene rings is 2. The molecular weight excluding hydrogens is 268 g/mol. The van der Waals surface area contributed by atoms with E-state index in [4.69, 9.17) is 0 Å². The molecule has 0 bridgehead atoms. The molecular formula is C15H10N4O2. The molecule has 2 heterocycles. The molecule has 0 amide bonds. The minimum Gasteiger partial charge on any atom is -0.508 e. The fourth-order valence-electron chi connectivity index (χ4n) is 2.38. The normalized spacial score (nSPS) is 11.2. The maximum absolute atomic E-state index is 12.5. The van der Waals surface area contributed by atoms with Crippen LogP contribution >= 0.6 is 0 Å². The fraction of sp³-hybridized carbons (Fsp3) is 0. The van der Waals surface area contributed by atoms with E-state index in [0.717, 1.165) is 16.4 Å². The van der Waals surface area contributed by atoms with E-state index in [0.29, 0.717) is 16.8 Å². The first-order valence-corrected chi connectivity index (χ1v) is 6.38. The van der Waals surface area contributed by atoms with E-state index in [2.05, 4.69) is 20.4 Å². The zero-order chi connectivity index (χ0) is 14.4. The summed E-state index contributed by atoms with van der Waals surface area (Å²) in [4.78, 5) is 15.6. The zero-order valence-electron chi connectivity index (χ0n) is 10.8. The maximum atomic E-state index is 12.5. The van der Waals surface area contributed by atoms with Crippen LogP contribution in [0.2, 0.25) is 0 Å². The predicted octanol–water partition coefficient (Wildman–Crippen LogP) is 2.38. The number of carbonyl (C=O) groups is 1. The molecule has 0 aliphatic rings. The average Bonchev–Trinajstić information content (AvgIpc) is 3.11. The van der Waals surface area contributed by atoms with Crippen LogP contribution in [0.5, 0.6) is 5.75 Å². The van der Waals surface area contributed by atoms with Crippen molar-refractivity contribution in [3.05, 3.63) is 53.7 Å². The third kappa shape index (κ3) is 1.85. The van der Waals surface area contributed by atoms with Crippen LogP contribution in [0.1, 0.15) is 16.1 Å². The van der Waals surface area contributed by atoms with E-state index in [1.54, 1.807) is 42.5 Å². The lowest BCUT2D eigenvalue weighted by molar-refractivity contribution is 0.103. The molecule has 2 aromatic carbocycles. The Morgan fingerprint density at radius 3 is 2.81 bits per heavy atom. The van der Waals surface area contributed by atoms with Gasteiger partial charge in [-0.25, -0.2) is 0 Å². The van der Waals surface area contributed by atoms with E-state index in [9.17, 15) is 9.90 Å². The van der Waals surface area contributed by atoms with Crippen LogP contribution < -0.4 is 0 Å². The second-order valence-corrected chi connectivity index (χ2v) is 4.83. The lowest BCUT2D eigenvalue weighted by Crippen LogP contribution is -2.01. The molecule has 21 heavy (non-hydrogen) atoms. The number of phenols is 1. The lowest BCUT2D eigenvalue weighted by Gasteiger charge is -1.97. The van der Waals surface area contributed by atoms with Gasteiger partial charge in [-0.2, -0.15) is 0 Å². The number of aromatic hydroxyl groups is 1. The molecule has 4 aromatic rings. The van der Waals surface area contributed by atoms with Gasteiger partial charge in [0.2, 0.25) is 5.78 Å². The number of rotatable bonds is 2. The Morgan fingerprint density at radius 1 is 1.05 bits per heavy atom. The third-order valence-electron chi connectivity index (χ3n) is 3.44. The molecule has 102 valence electrons. The van der Waals surface area contributed by atoms with Crippen molar-refractivity contribution >= 4 is 27.7 Å². The monoisotopic (exact) mass is 278 g/mol. The number of hydrogen-bond donors (Lipinski definition) is 3. The minimum absolute atomic E-state index is 0.129. The summed E-state index contributed by atoms with van der Waals surface area (Å²) in [5, 5.41) is 20.6. The Labute approximate surface area is 118 Å². The number of hydrogen-bond acceptors (Lipinski definition) is 4. The highest BCUT2D eigenvalue weighted by molar-refractivity contribution is 6.11.